The summed E-state index contributed by atoms with van der Waals surface area (Å²) in [5.41, 5.74) is 0.955. The molecule has 0 aliphatic carbocycles. The number of aromatic carboxylic acids is 1. The van der Waals surface area contributed by atoms with Gasteiger partial charge in [0.15, 0.2) is 0 Å². The molecule has 3 amide bonds. The second-order valence-corrected chi connectivity index (χ2v) is 8.58. The Kier molecular flexibility index (Phi) is 7.24. The average molecular weight is 396 g/mol. The molecule has 1 aromatic heterocycles. The monoisotopic (exact) mass is 395 g/mol. The van der Waals surface area contributed by atoms with Crippen LogP contribution in [0.4, 0.5) is 9.80 Å². The Morgan fingerprint density at radius 1 is 1.33 bits per heavy atom. The van der Waals surface area contributed by atoms with E-state index in [9.17, 15) is 19.5 Å². The molecule has 1 fully saturated rings. The highest BCUT2D eigenvalue weighted by atomic mass is 32.1. The van der Waals surface area contributed by atoms with Crippen molar-refractivity contribution in [3.05, 3.63) is 16.0 Å². The highest BCUT2D eigenvalue weighted by Gasteiger charge is 2.30. The van der Waals surface area contributed by atoms with E-state index >= 15 is 0 Å². The van der Waals surface area contributed by atoms with Gasteiger partial charge < -0.3 is 20.6 Å². The van der Waals surface area contributed by atoms with Gasteiger partial charge in [-0.15, -0.1) is 11.3 Å². The number of nitrogens with zero attached hydrogens (tertiary/aromatic N) is 1. The fourth-order valence-electron chi connectivity index (χ4n) is 3.31. The predicted octanol–water partition coefficient (Wildman–Crippen LogP) is 3.33. The number of amides is 3. The highest BCUT2D eigenvalue weighted by Crippen LogP contribution is 2.34. The molecule has 0 bridgehead atoms. The number of carbonyl (C=O) groups is 3. The van der Waals surface area contributed by atoms with Gasteiger partial charge >= 0.3 is 12.0 Å². The Balaban J connectivity index is 2.06. The van der Waals surface area contributed by atoms with Crippen LogP contribution >= 0.6 is 11.3 Å². The number of likely N-dealkylation sites (tertiary alicyclic amines) is 1. The first kappa shape index (κ1) is 21.2. The zero-order chi connectivity index (χ0) is 20.1. The van der Waals surface area contributed by atoms with Gasteiger partial charge in [0, 0.05) is 24.5 Å². The number of carbonyl (C=O) groups excluding carboxylic acids is 2. The summed E-state index contributed by atoms with van der Waals surface area (Å²) in [5, 5.41) is 15.6. The number of piperidine rings is 1. The fraction of sp³-hybridized carbons (Fsp3) is 0.632. The average Bonchev–Trinajstić information content (AvgIpc) is 2.94. The number of anilines is 1. The van der Waals surface area contributed by atoms with E-state index in [1.807, 2.05) is 27.7 Å². The smallest absolute Gasteiger partial charge is 0.339 e. The minimum absolute atomic E-state index is 0.146. The van der Waals surface area contributed by atoms with Gasteiger partial charge in [0.25, 0.3) is 0 Å². The molecule has 0 aromatic carbocycles. The molecule has 7 nitrogen and oxygen atoms in total. The third kappa shape index (κ3) is 5.22. The van der Waals surface area contributed by atoms with E-state index < -0.39 is 5.97 Å². The molecule has 0 radical (unpaired) electrons. The van der Waals surface area contributed by atoms with Crippen molar-refractivity contribution in [1.82, 2.24) is 10.2 Å². The van der Waals surface area contributed by atoms with Gasteiger partial charge in [-0.2, -0.15) is 0 Å². The third-order valence-corrected chi connectivity index (χ3v) is 5.82. The largest absolute Gasteiger partial charge is 0.478 e. The number of thiophene rings is 1. The second kappa shape index (κ2) is 9.21. The van der Waals surface area contributed by atoms with Crippen LogP contribution in [0.15, 0.2) is 0 Å². The molecule has 1 aromatic rings. The van der Waals surface area contributed by atoms with Crippen molar-refractivity contribution < 1.29 is 19.5 Å². The van der Waals surface area contributed by atoms with E-state index in [-0.39, 0.29) is 23.4 Å². The maximum absolute atomic E-state index is 12.7. The molecule has 8 heteroatoms. The lowest BCUT2D eigenvalue weighted by atomic mass is 9.97. The van der Waals surface area contributed by atoms with Crippen LogP contribution in [-0.2, 0) is 11.2 Å². The van der Waals surface area contributed by atoms with Crippen LogP contribution in [0.1, 0.15) is 54.4 Å². The minimum Gasteiger partial charge on any atom is -0.478 e. The molecule has 1 aliphatic heterocycles. The Morgan fingerprint density at radius 3 is 2.63 bits per heavy atom. The Morgan fingerprint density at radius 2 is 2.04 bits per heavy atom. The van der Waals surface area contributed by atoms with Crippen molar-refractivity contribution in [2.75, 3.05) is 25.0 Å². The summed E-state index contributed by atoms with van der Waals surface area (Å²) in [4.78, 5) is 39.2. The van der Waals surface area contributed by atoms with E-state index in [4.69, 9.17) is 0 Å². The Bertz CT molecular complexity index is 714. The first-order chi connectivity index (χ1) is 12.7. The lowest BCUT2D eigenvalue weighted by Crippen LogP contribution is -2.48. The van der Waals surface area contributed by atoms with Crippen LogP contribution in [0.2, 0.25) is 0 Å². The molecule has 1 saturated heterocycles. The summed E-state index contributed by atoms with van der Waals surface area (Å²) in [7, 11) is 0. The van der Waals surface area contributed by atoms with Crippen LogP contribution in [0, 0.1) is 18.8 Å². The number of aryl methyl sites for hydroxylation is 1. The quantitative estimate of drug-likeness (QED) is 0.688. The molecule has 0 saturated carbocycles. The number of nitrogens with one attached hydrogen (secondary N) is 2. The maximum atomic E-state index is 12.7. The van der Waals surface area contributed by atoms with Crippen molar-refractivity contribution in [3.63, 3.8) is 0 Å². The summed E-state index contributed by atoms with van der Waals surface area (Å²) in [6, 6.07) is -0.146. The van der Waals surface area contributed by atoms with Gasteiger partial charge in [0.2, 0.25) is 5.91 Å². The number of urea groups is 1. The minimum atomic E-state index is -1.02. The van der Waals surface area contributed by atoms with Gasteiger partial charge in [-0.25, -0.2) is 9.59 Å². The number of carboxylic acids is 1. The molecular weight excluding hydrogens is 366 g/mol. The third-order valence-electron chi connectivity index (χ3n) is 4.75. The summed E-state index contributed by atoms with van der Waals surface area (Å²) >= 11 is 1.30. The molecule has 3 N–H and O–H groups in total. The van der Waals surface area contributed by atoms with Gasteiger partial charge in [-0.1, -0.05) is 20.8 Å². The van der Waals surface area contributed by atoms with Gasteiger partial charge in [0.1, 0.15) is 5.00 Å². The number of hydrogen-bond donors (Lipinski definition) is 3. The molecule has 150 valence electrons. The summed E-state index contributed by atoms with van der Waals surface area (Å²) in [6.45, 7) is 9.41. The van der Waals surface area contributed by atoms with Crippen LogP contribution in [0.5, 0.6) is 0 Å². The lowest BCUT2D eigenvalue weighted by Gasteiger charge is -2.32. The van der Waals surface area contributed by atoms with Gasteiger partial charge in [-0.05, 0) is 37.7 Å². The Hall–Kier alpha value is -2.09. The first-order valence-corrected chi connectivity index (χ1v) is 10.2. The lowest BCUT2D eigenvalue weighted by molar-refractivity contribution is -0.121. The van der Waals surface area contributed by atoms with Crippen molar-refractivity contribution in [3.8, 4) is 0 Å². The van der Waals surface area contributed by atoms with Crippen LogP contribution in [-0.4, -0.2) is 47.5 Å². The first-order valence-electron chi connectivity index (χ1n) is 9.43. The Labute approximate surface area is 164 Å². The van der Waals surface area contributed by atoms with E-state index in [0.29, 0.717) is 43.4 Å². The summed E-state index contributed by atoms with van der Waals surface area (Å²) < 4.78 is 0. The molecule has 2 heterocycles. The topological polar surface area (TPSA) is 98.7 Å². The highest BCUT2D eigenvalue weighted by molar-refractivity contribution is 7.16. The van der Waals surface area contributed by atoms with Crippen LogP contribution < -0.4 is 10.6 Å². The van der Waals surface area contributed by atoms with E-state index in [1.165, 1.54) is 11.3 Å². The molecule has 27 heavy (non-hydrogen) atoms. The van der Waals surface area contributed by atoms with Crippen LogP contribution in [0.25, 0.3) is 0 Å². The number of carboxylic acid groups (broad SMARTS) is 1. The van der Waals surface area contributed by atoms with E-state index in [1.54, 1.807) is 4.90 Å². The zero-order valence-electron chi connectivity index (χ0n) is 16.4. The molecule has 2 rings (SSSR count). The number of rotatable bonds is 6. The molecule has 0 spiro atoms. The standard InChI is InChI=1S/C19H29N3O4S/c1-5-14-12(4)27-17(15(14)18(24)25)21-16(23)13-7-6-8-22(10-13)19(26)20-9-11(2)3/h11,13H,5-10H2,1-4H3,(H,20,26)(H,21,23)(H,24,25). The van der Waals surface area contributed by atoms with Crippen molar-refractivity contribution >= 4 is 34.2 Å². The normalized spacial score (nSPS) is 17.1. The number of hydrogen-bond acceptors (Lipinski definition) is 4. The van der Waals surface area contributed by atoms with Gasteiger partial charge in [0.05, 0.1) is 11.5 Å². The molecule has 1 aliphatic rings. The fourth-order valence-corrected chi connectivity index (χ4v) is 4.45. The van der Waals surface area contributed by atoms with Crippen molar-refractivity contribution in [2.24, 2.45) is 11.8 Å². The van der Waals surface area contributed by atoms with Crippen LogP contribution in [0.3, 0.4) is 0 Å². The summed E-state index contributed by atoms with van der Waals surface area (Å²) in [6.07, 6.45) is 2.04. The second-order valence-electron chi connectivity index (χ2n) is 7.35. The van der Waals surface area contributed by atoms with Gasteiger partial charge in [-0.3, -0.25) is 4.79 Å². The molecule has 1 atom stereocenters. The summed E-state index contributed by atoms with van der Waals surface area (Å²) in [5.74, 6) is -1.22. The van der Waals surface area contributed by atoms with E-state index in [2.05, 4.69) is 10.6 Å². The van der Waals surface area contributed by atoms with Crippen molar-refractivity contribution in [2.45, 2.75) is 47.0 Å². The zero-order valence-corrected chi connectivity index (χ0v) is 17.2. The van der Waals surface area contributed by atoms with Crippen molar-refractivity contribution in [1.29, 1.82) is 0 Å². The maximum Gasteiger partial charge on any atom is 0.339 e. The molecule has 1 unspecified atom stereocenters. The predicted molar refractivity (Wildman–Crippen MR) is 107 cm³/mol. The SMILES string of the molecule is CCc1c(C)sc(NC(=O)C2CCCN(C(=O)NCC(C)C)C2)c1C(=O)O. The molecular formula is C19H29N3O4S. The van der Waals surface area contributed by atoms with E-state index in [0.717, 1.165) is 16.9 Å².